The van der Waals surface area contributed by atoms with Crippen molar-refractivity contribution in [3.8, 4) is 0 Å². The summed E-state index contributed by atoms with van der Waals surface area (Å²) in [5, 5.41) is 6.50. The minimum atomic E-state index is 0.225. The lowest BCUT2D eigenvalue weighted by molar-refractivity contribution is -0.121. The summed E-state index contributed by atoms with van der Waals surface area (Å²) in [4.78, 5) is 12.2. The van der Waals surface area contributed by atoms with Crippen molar-refractivity contribution >= 4 is 5.91 Å². The number of aryl methyl sites for hydroxylation is 1. The number of amides is 1. The van der Waals surface area contributed by atoms with Crippen LogP contribution in [0.5, 0.6) is 0 Å². The molecule has 1 fully saturated rings. The molecule has 21 heavy (non-hydrogen) atoms. The molecule has 2 atom stereocenters. The van der Waals surface area contributed by atoms with E-state index in [1.54, 1.807) is 0 Å². The fraction of sp³-hybridized carbons (Fsp3) is 0.611. The van der Waals surface area contributed by atoms with Gasteiger partial charge in [0.2, 0.25) is 5.91 Å². The molecule has 1 amide bonds. The van der Waals surface area contributed by atoms with E-state index in [0.717, 1.165) is 38.4 Å². The average Bonchev–Trinajstić information content (AvgIpc) is 3.01. The Morgan fingerprint density at radius 3 is 3.05 bits per heavy atom. The fourth-order valence-electron chi connectivity index (χ4n) is 3.74. The maximum Gasteiger partial charge on any atom is 0.220 e. The first-order chi connectivity index (χ1) is 10.3. The van der Waals surface area contributed by atoms with Gasteiger partial charge >= 0.3 is 0 Å². The molecule has 0 aromatic heterocycles. The molecule has 0 spiro atoms. The second-order valence-corrected chi connectivity index (χ2v) is 6.49. The summed E-state index contributed by atoms with van der Waals surface area (Å²) in [5.74, 6) is 1.39. The van der Waals surface area contributed by atoms with E-state index >= 15 is 0 Å². The monoisotopic (exact) mass is 286 g/mol. The number of hydrogen-bond donors (Lipinski definition) is 2. The van der Waals surface area contributed by atoms with Crippen LogP contribution in [-0.2, 0) is 11.2 Å². The predicted molar refractivity (Wildman–Crippen MR) is 85.3 cm³/mol. The second kappa shape index (κ2) is 7.08. The van der Waals surface area contributed by atoms with Gasteiger partial charge in [0.1, 0.15) is 0 Å². The minimum absolute atomic E-state index is 0.225. The normalized spacial score (nSPS) is 24.6. The van der Waals surface area contributed by atoms with Gasteiger partial charge in [0, 0.05) is 13.0 Å². The van der Waals surface area contributed by atoms with Crippen molar-refractivity contribution in [2.24, 2.45) is 5.92 Å². The lowest BCUT2D eigenvalue weighted by Crippen LogP contribution is -2.28. The molecule has 1 aromatic rings. The fourth-order valence-corrected chi connectivity index (χ4v) is 3.74. The highest BCUT2D eigenvalue weighted by Gasteiger charge is 2.22. The van der Waals surface area contributed by atoms with E-state index in [1.807, 2.05) is 0 Å². The molecule has 2 N–H and O–H groups in total. The molecule has 2 aliphatic rings. The summed E-state index contributed by atoms with van der Waals surface area (Å²) in [6, 6.07) is 8.63. The van der Waals surface area contributed by atoms with Crippen molar-refractivity contribution in [3.05, 3.63) is 35.4 Å². The van der Waals surface area contributed by atoms with Crippen molar-refractivity contribution < 1.29 is 4.79 Å². The smallest absolute Gasteiger partial charge is 0.220 e. The topological polar surface area (TPSA) is 41.1 Å². The highest BCUT2D eigenvalue weighted by Crippen LogP contribution is 2.33. The number of hydrogen-bond acceptors (Lipinski definition) is 2. The van der Waals surface area contributed by atoms with Gasteiger partial charge in [-0.1, -0.05) is 24.3 Å². The van der Waals surface area contributed by atoms with Crippen LogP contribution in [0.2, 0.25) is 0 Å². The Balaban J connectivity index is 1.46. The highest BCUT2D eigenvalue weighted by atomic mass is 16.1. The third-order valence-corrected chi connectivity index (χ3v) is 4.96. The van der Waals surface area contributed by atoms with Crippen molar-refractivity contribution in [1.29, 1.82) is 0 Å². The van der Waals surface area contributed by atoms with E-state index in [-0.39, 0.29) is 5.91 Å². The van der Waals surface area contributed by atoms with Gasteiger partial charge in [-0.15, -0.1) is 0 Å². The average molecular weight is 286 g/mol. The van der Waals surface area contributed by atoms with E-state index in [0.29, 0.717) is 12.3 Å². The van der Waals surface area contributed by atoms with Gasteiger partial charge in [0.05, 0.1) is 0 Å². The Morgan fingerprint density at radius 2 is 2.19 bits per heavy atom. The molecule has 3 heteroatoms. The zero-order valence-corrected chi connectivity index (χ0v) is 12.7. The highest BCUT2D eigenvalue weighted by molar-refractivity contribution is 5.77. The Bertz CT molecular complexity index is 480. The largest absolute Gasteiger partial charge is 0.356 e. The predicted octanol–water partition coefficient (Wildman–Crippen LogP) is 2.61. The molecule has 1 heterocycles. The number of carbonyl (C=O) groups is 1. The molecule has 1 aliphatic carbocycles. The summed E-state index contributed by atoms with van der Waals surface area (Å²) < 4.78 is 0. The summed E-state index contributed by atoms with van der Waals surface area (Å²) in [6.45, 7) is 3.09. The third kappa shape index (κ3) is 3.85. The van der Waals surface area contributed by atoms with E-state index in [4.69, 9.17) is 0 Å². The molecule has 1 saturated heterocycles. The van der Waals surface area contributed by atoms with Gasteiger partial charge in [-0.3, -0.25) is 4.79 Å². The van der Waals surface area contributed by atoms with Crippen LogP contribution < -0.4 is 10.6 Å². The SMILES string of the molecule is O=C(CC1CCCc2ccccc21)NCCC1CCNC1. The van der Waals surface area contributed by atoms with Crippen molar-refractivity contribution in [2.45, 2.75) is 44.4 Å². The van der Waals surface area contributed by atoms with E-state index in [1.165, 1.54) is 30.4 Å². The van der Waals surface area contributed by atoms with Crippen LogP contribution in [0.25, 0.3) is 0 Å². The van der Waals surface area contributed by atoms with Crippen molar-refractivity contribution in [3.63, 3.8) is 0 Å². The first-order valence-corrected chi connectivity index (χ1v) is 8.38. The summed E-state index contributed by atoms with van der Waals surface area (Å²) in [5.41, 5.74) is 2.84. The van der Waals surface area contributed by atoms with Crippen LogP contribution in [0.4, 0.5) is 0 Å². The van der Waals surface area contributed by atoms with Crippen LogP contribution >= 0.6 is 0 Å². The quantitative estimate of drug-likeness (QED) is 0.873. The second-order valence-electron chi connectivity index (χ2n) is 6.49. The maximum atomic E-state index is 12.2. The summed E-state index contributed by atoms with van der Waals surface area (Å²) in [7, 11) is 0. The zero-order valence-electron chi connectivity index (χ0n) is 12.7. The molecule has 1 aromatic carbocycles. The molecule has 0 radical (unpaired) electrons. The van der Waals surface area contributed by atoms with Crippen molar-refractivity contribution in [2.75, 3.05) is 19.6 Å². The first-order valence-electron chi connectivity index (χ1n) is 8.38. The van der Waals surface area contributed by atoms with Crippen LogP contribution in [0.1, 0.15) is 49.1 Å². The molecule has 0 bridgehead atoms. The zero-order chi connectivity index (χ0) is 14.5. The molecule has 3 nitrogen and oxygen atoms in total. The lowest BCUT2D eigenvalue weighted by Gasteiger charge is -2.25. The first kappa shape index (κ1) is 14.6. The minimum Gasteiger partial charge on any atom is -0.356 e. The van der Waals surface area contributed by atoms with Crippen LogP contribution in [0.15, 0.2) is 24.3 Å². The van der Waals surface area contributed by atoms with E-state index < -0.39 is 0 Å². The Kier molecular flexibility index (Phi) is 4.91. The number of benzene rings is 1. The Hall–Kier alpha value is -1.35. The van der Waals surface area contributed by atoms with Crippen molar-refractivity contribution in [1.82, 2.24) is 10.6 Å². The van der Waals surface area contributed by atoms with E-state index in [9.17, 15) is 4.79 Å². The Morgan fingerprint density at radius 1 is 1.29 bits per heavy atom. The summed E-state index contributed by atoms with van der Waals surface area (Å²) in [6.07, 6.45) is 6.55. The van der Waals surface area contributed by atoms with Gasteiger partial charge < -0.3 is 10.6 Å². The number of fused-ring (bicyclic) bond motifs is 1. The van der Waals surface area contributed by atoms with Crippen LogP contribution in [0.3, 0.4) is 0 Å². The molecule has 0 saturated carbocycles. The molecule has 3 rings (SSSR count). The number of rotatable bonds is 5. The lowest BCUT2D eigenvalue weighted by atomic mass is 9.81. The molecule has 114 valence electrons. The maximum absolute atomic E-state index is 12.2. The third-order valence-electron chi connectivity index (χ3n) is 4.96. The molecule has 1 aliphatic heterocycles. The van der Waals surface area contributed by atoms with Crippen LogP contribution in [0, 0.1) is 5.92 Å². The molecule has 2 unspecified atom stereocenters. The number of carbonyl (C=O) groups excluding carboxylic acids is 1. The molecular formula is C18H26N2O. The van der Waals surface area contributed by atoms with E-state index in [2.05, 4.69) is 34.9 Å². The van der Waals surface area contributed by atoms with Gasteiger partial charge in [-0.05, 0) is 68.2 Å². The van der Waals surface area contributed by atoms with Gasteiger partial charge in [0.25, 0.3) is 0 Å². The van der Waals surface area contributed by atoms with Gasteiger partial charge in [-0.25, -0.2) is 0 Å². The molecular weight excluding hydrogens is 260 g/mol. The van der Waals surface area contributed by atoms with Crippen LogP contribution in [-0.4, -0.2) is 25.5 Å². The van der Waals surface area contributed by atoms with Gasteiger partial charge in [0.15, 0.2) is 0 Å². The number of nitrogens with one attached hydrogen (secondary N) is 2. The van der Waals surface area contributed by atoms with Gasteiger partial charge in [-0.2, -0.15) is 0 Å². The summed E-state index contributed by atoms with van der Waals surface area (Å²) >= 11 is 0. The standard InChI is InChI=1S/C18H26N2O/c21-18(20-11-9-14-8-10-19-13-14)12-16-6-3-5-15-4-1-2-7-17(15)16/h1-2,4,7,14,16,19H,3,5-6,8-13H2,(H,20,21). The Labute approximate surface area is 127 Å².